The van der Waals surface area contributed by atoms with Crippen LogP contribution in [0, 0.1) is 0 Å². The first-order valence-electron chi connectivity index (χ1n) is 7.50. The predicted molar refractivity (Wildman–Crippen MR) is 91.4 cm³/mol. The molecule has 5 heteroatoms. The van der Waals surface area contributed by atoms with Crippen molar-refractivity contribution in [2.24, 2.45) is 0 Å². The van der Waals surface area contributed by atoms with Crippen LogP contribution >= 0.6 is 11.3 Å². The molecule has 1 aliphatic rings. The monoisotopic (exact) mass is 313 g/mol. The summed E-state index contributed by atoms with van der Waals surface area (Å²) in [6, 6.07) is 6.32. The molecule has 0 fully saturated rings. The van der Waals surface area contributed by atoms with Crippen LogP contribution in [0.25, 0.3) is 11.3 Å². The van der Waals surface area contributed by atoms with Gasteiger partial charge in [-0.2, -0.15) is 0 Å². The summed E-state index contributed by atoms with van der Waals surface area (Å²) < 4.78 is 0. The minimum Gasteiger partial charge on any atom is -0.334 e. The summed E-state index contributed by atoms with van der Waals surface area (Å²) in [6.45, 7) is 4.00. The molecule has 0 spiro atoms. The Kier molecular flexibility index (Phi) is 4.53. The van der Waals surface area contributed by atoms with Crippen LogP contribution in [0.2, 0.25) is 0 Å². The zero-order valence-electron chi connectivity index (χ0n) is 12.4. The van der Waals surface area contributed by atoms with Crippen LogP contribution in [-0.2, 0) is 12.8 Å². The molecule has 2 N–H and O–H groups in total. The molecular formula is C17H19N3OS. The maximum Gasteiger partial charge on any atom is 0.321 e. The second-order valence-electron chi connectivity index (χ2n) is 5.35. The zero-order chi connectivity index (χ0) is 15.4. The van der Waals surface area contributed by atoms with Crippen molar-refractivity contribution in [3.8, 4) is 11.3 Å². The number of carbonyl (C=O) groups excluding carboxylic acids is 1. The molecule has 0 unspecified atom stereocenters. The number of thiazole rings is 1. The van der Waals surface area contributed by atoms with Crippen LogP contribution in [0.1, 0.15) is 24.0 Å². The lowest BCUT2D eigenvalue weighted by atomic mass is 9.90. The van der Waals surface area contributed by atoms with Gasteiger partial charge >= 0.3 is 6.03 Å². The molecule has 0 aliphatic heterocycles. The summed E-state index contributed by atoms with van der Waals surface area (Å²) >= 11 is 1.43. The van der Waals surface area contributed by atoms with E-state index >= 15 is 0 Å². The summed E-state index contributed by atoms with van der Waals surface area (Å²) in [5.41, 5.74) is 4.94. The number of rotatable bonds is 4. The number of anilines is 1. The van der Waals surface area contributed by atoms with Crippen LogP contribution in [0.15, 0.2) is 36.2 Å². The Hall–Kier alpha value is -2.14. The lowest BCUT2D eigenvalue weighted by Gasteiger charge is -2.16. The molecule has 0 atom stereocenters. The van der Waals surface area contributed by atoms with Crippen LogP contribution in [0.3, 0.4) is 0 Å². The fourth-order valence-corrected chi connectivity index (χ4v) is 3.38. The third kappa shape index (κ3) is 3.36. The van der Waals surface area contributed by atoms with E-state index in [1.165, 1.54) is 41.7 Å². The van der Waals surface area contributed by atoms with Gasteiger partial charge in [0.05, 0.1) is 5.69 Å². The number of aryl methyl sites for hydroxylation is 2. The average Bonchev–Trinajstić information content (AvgIpc) is 3.01. The molecule has 0 saturated heterocycles. The quantitative estimate of drug-likeness (QED) is 0.838. The summed E-state index contributed by atoms with van der Waals surface area (Å²) in [4.78, 5) is 16.1. The van der Waals surface area contributed by atoms with Gasteiger partial charge in [-0.05, 0) is 42.9 Å². The SMILES string of the molecule is C=CCNC(=O)Nc1nc(-c2ccc3c(c2)CCCC3)cs1. The zero-order valence-corrected chi connectivity index (χ0v) is 13.2. The normalized spacial score (nSPS) is 13.3. The van der Waals surface area contributed by atoms with Crippen molar-refractivity contribution in [3.63, 3.8) is 0 Å². The number of amides is 2. The molecular weight excluding hydrogens is 294 g/mol. The molecule has 0 bridgehead atoms. The van der Waals surface area contributed by atoms with Crippen molar-refractivity contribution in [1.82, 2.24) is 10.3 Å². The van der Waals surface area contributed by atoms with Gasteiger partial charge in [0, 0.05) is 17.5 Å². The molecule has 114 valence electrons. The van der Waals surface area contributed by atoms with Gasteiger partial charge in [0.2, 0.25) is 0 Å². The number of urea groups is 1. The highest BCUT2D eigenvalue weighted by Crippen LogP contribution is 2.29. The average molecular weight is 313 g/mol. The maximum atomic E-state index is 11.6. The Morgan fingerprint density at radius 3 is 2.95 bits per heavy atom. The van der Waals surface area contributed by atoms with Crippen molar-refractivity contribution < 1.29 is 4.79 Å². The van der Waals surface area contributed by atoms with E-state index in [0.29, 0.717) is 11.7 Å². The van der Waals surface area contributed by atoms with E-state index in [0.717, 1.165) is 17.7 Å². The highest BCUT2D eigenvalue weighted by molar-refractivity contribution is 7.14. The first-order chi connectivity index (χ1) is 10.8. The highest BCUT2D eigenvalue weighted by Gasteiger charge is 2.12. The predicted octanol–water partition coefficient (Wildman–Crippen LogP) is 4.00. The fraction of sp³-hybridized carbons (Fsp3) is 0.294. The second-order valence-corrected chi connectivity index (χ2v) is 6.21. The smallest absolute Gasteiger partial charge is 0.321 e. The molecule has 2 amide bonds. The number of fused-ring (bicyclic) bond motifs is 1. The van der Waals surface area contributed by atoms with E-state index in [-0.39, 0.29) is 6.03 Å². The number of hydrogen-bond donors (Lipinski definition) is 2. The van der Waals surface area contributed by atoms with Crippen LogP contribution in [0.4, 0.5) is 9.93 Å². The molecule has 3 rings (SSSR count). The number of aromatic nitrogens is 1. The standard InChI is InChI=1S/C17H19N3OS/c1-2-9-18-16(21)20-17-19-15(11-22-17)14-8-7-12-5-3-4-6-13(12)10-14/h2,7-8,10-11H,1,3-6,9H2,(H2,18,19,20,21). The van der Waals surface area contributed by atoms with Crippen molar-refractivity contribution >= 4 is 22.5 Å². The van der Waals surface area contributed by atoms with E-state index in [1.807, 2.05) is 5.38 Å². The van der Waals surface area contributed by atoms with Gasteiger partial charge < -0.3 is 5.32 Å². The van der Waals surface area contributed by atoms with Gasteiger partial charge in [0.25, 0.3) is 0 Å². The number of nitrogens with one attached hydrogen (secondary N) is 2. The third-order valence-electron chi connectivity index (χ3n) is 3.78. The molecule has 22 heavy (non-hydrogen) atoms. The van der Waals surface area contributed by atoms with Gasteiger partial charge in [-0.15, -0.1) is 17.9 Å². The summed E-state index contributed by atoms with van der Waals surface area (Å²) in [7, 11) is 0. The second kappa shape index (κ2) is 6.75. The van der Waals surface area contributed by atoms with Gasteiger partial charge in [0.1, 0.15) is 0 Å². The van der Waals surface area contributed by atoms with Gasteiger partial charge in [-0.3, -0.25) is 5.32 Å². The topological polar surface area (TPSA) is 54.0 Å². The summed E-state index contributed by atoms with van der Waals surface area (Å²) in [6.07, 6.45) is 6.53. The van der Waals surface area contributed by atoms with E-state index in [9.17, 15) is 4.79 Å². The minimum absolute atomic E-state index is 0.258. The number of hydrogen-bond acceptors (Lipinski definition) is 3. The Morgan fingerprint density at radius 2 is 2.14 bits per heavy atom. The summed E-state index contributed by atoms with van der Waals surface area (Å²) in [5, 5.41) is 7.99. The van der Waals surface area contributed by atoms with Crippen LogP contribution in [0.5, 0.6) is 0 Å². The van der Waals surface area contributed by atoms with E-state index in [2.05, 4.69) is 40.4 Å². The number of carbonyl (C=O) groups is 1. The molecule has 1 aliphatic carbocycles. The van der Waals surface area contributed by atoms with Crippen molar-refractivity contribution in [2.45, 2.75) is 25.7 Å². The first kappa shape index (κ1) is 14.8. The van der Waals surface area contributed by atoms with Gasteiger partial charge in [-0.1, -0.05) is 18.2 Å². The van der Waals surface area contributed by atoms with Crippen LogP contribution < -0.4 is 10.6 Å². The molecule has 1 heterocycles. The Bertz CT molecular complexity index is 693. The van der Waals surface area contributed by atoms with E-state index in [4.69, 9.17) is 0 Å². The lowest BCUT2D eigenvalue weighted by Crippen LogP contribution is -2.28. The third-order valence-corrected chi connectivity index (χ3v) is 4.53. The number of nitrogens with zero attached hydrogens (tertiary/aromatic N) is 1. The molecule has 4 nitrogen and oxygen atoms in total. The van der Waals surface area contributed by atoms with Crippen molar-refractivity contribution in [3.05, 3.63) is 47.4 Å². The van der Waals surface area contributed by atoms with Crippen molar-refractivity contribution in [1.29, 1.82) is 0 Å². The Balaban J connectivity index is 1.73. The largest absolute Gasteiger partial charge is 0.334 e. The number of benzene rings is 1. The van der Waals surface area contributed by atoms with Gasteiger partial charge in [0.15, 0.2) is 5.13 Å². The molecule has 0 radical (unpaired) electrons. The first-order valence-corrected chi connectivity index (χ1v) is 8.37. The van der Waals surface area contributed by atoms with Crippen molar-refractivity contribution in [2.75, 3.05) is 11.9 Å². The highest BCUT2D eigenvalue weighted by atomic mass is 32.1. The maximum absolute atomic E-state index is 11.6. The molecule has 0 saturated carbocycles. The van der Waals surface area contributed by atoms with Crippen LogP contribution in [-0.4, -0.2) is 17.6 Å². The molecule has 2 aromatic rings. The molecule has 1 aromatic heterocycles. The Morgan fingerprint density at radius 1 is 1.32 bits per heavy atom. The minimum atomic E-state index is -0.258. The van der Waals surface area contributed by atoms with Gasteiger partial charge in [-0.25, -0.2) is 9.78 Å². The molecule has 1 aromatic carbocycles. The lowest BCUT2D eigenvalue weighted by molar-refractivity contribution is 0.253. The summed E-state index contributed by atoms with van der Waals surface area (Å²) in [5.74, 6) is 0. The fourth-order valence-electron chi connectivity index (χ4n) is 2.66. The van der Waals surface area contributed by atoms with E-state index < -0.39 is 0 Å². The van der Waals surface area contributed by atoms with E-state index in [1.54, 1.807) is 6.08 Å². The Labute approximate surface area is 134 Å².